The second-order valence-corrected chi connectivity index (χ2v) is 1.89. The molecular weight excluding hydrogens is 200 g/mol. The molecular formula is C6H7BrO3. The zero-order chi connectivity index (χ0) is 7.98. The smallest absolute Gasteiger partial charge is 0.371 e. The number of ether oxygens (including phenoxy) is 1. The quantitative estimate of drug-likeness (QED) is 0.433. The molecule has 0 fully saturated rings. The highest BCUT2D eigenvalue weighted by atomic mass is 79.9. The monoisotopic (exact) mass is 206 g/mol. The normalized spacial score (nSPS) is 12.0. The van der Waals surface area contributed by atoms with Crippen LogP contribution in [0.15, 0.2) is 22.9 Å². The van der Waals surface area contributed by atoms with Gasteiger partial charge in [-0.2, -0.15) is 0 Å². The van der Waals surface area contributed by atoms with Crippen LogP contribution in [0.1, 0.15) is 0 Å². The molecule has 0 aromatic rings. The van der Waals surface area contributed by atoms with Gasteiger partial charge in [0.2, 0.25) is 5.76 Å². The van der Waals surface area contributed by atoms with Gasteiger partial charge in [-0.15, -0.1) is 0 Å². The Labute approximate surface area is 67.1 Å². The number of carbonyl (C=O) groups is 1. The van der Waals surface area contributed by atoms with Crippen molar-refractivity contribution in [1.29, 1.82) is 0 Å². The first kappa shape index (κ1) is 9.23. The van der Waals surface area contributed by atoms with Crippen molar-refractivity contribution in [2.75, 3.05) is 7.11 Å². The predicted molar refractivity (Wildman–Crippen MR) is 40.8 cm³/mol. The van der Waals surface area contributed by atoms with Gasteiger partial charge >= 0.3 is 5.97 Å². The van der Waals surface area contributed by atoms with E-state index < -0.39 is 5.97 Å². The summed E-state index contributed by atoms with van der Waals surface area (Å²) in [6, 6.07) is 0. The average Bonchev–Trinajstić information content (AvgIpc) is 1.89. The van der Waals surface area contributed by atoms with E-state index >= 15 is 0 Å². The van der Waals surface area contributed by atoms with Crippen molar-refractivity contribution in [1.82, 2.24) is 0 Å². The summed E-state index contributed by atoms with van der Waals surface area (Å²) >= 11 is 2.98. The molecule has 10 heavy (non-hydrogen) atoms. The maximum absolute atomic E-state index is 10.2. The maximum Gasteiger partial charge on any atom is 0.371 e. The molecule has 0 aliphatic carbocycles. The molecule has 0 unspecified atom stereocenters. The van der Waals surface area contributed by atoms with E-state index in [1.54, 1.807) is 0 Å². The van der Waals surface area contributed by atoms with Gasteiger partial charge in [-0.3, -0.25) is 0 Å². The van der Waals surface area contributed by atoms with Crippen LogP contribution in [0.5, 0.6) is 0 Å². The van der Waals surface area contributed by atoms with Crippen molar-refractivity contribution in [2.45, 2.75) is 0 Å². The average molecular weight is 207 g/mol. The third-order valence-electron chi connectivity index (χ3n) is 0.751. The Morgan fingerprint density at radius 1 is 1.70 bits per heavy atom. The van der Waals surface area contributed by atoms with Gasteiger partial charge in [-0.25, -0.2) is 4.79 Å². The van der Waals surface area contributed by atoms with E-state index in [1.807, 2.05) is 0 Å². The van der Waals surface area contributed by atoms with Crippen molar-refractivity contribution in [2.24, 2.45) is 0 Å². The van der Waals surface area contributed by atoms with Gasteiger partial charge in [-0.05, 0) is 11.1 Å². The van der Waals surface area contributed by atoms with Crippen molar-refractivity contribution in [3.63, 3.8) is 0 Å². The minimum Gasteiger partial charge on any atom is -0.490 e. The SMILES string of the molecule is CO/C(=C\C=C\Br)C(=O)O. The first-order valence-corrected chi connectivity index (χ1v) is 3.38. The minimum atomic E-state index is -1.08. The molecule has 56 valence electrons. The number of rotatable bonds is 3. The van der Waals surface area contributed by atoms with Crippen LogP contribution in [0.4, 0.5) is 0 Å². The number of allylic oxidation sites excluding steroid dienone is 2. The van der Waals surface area contributed by atoms with Crippen LogP contribution >= 0.6 is 15.9 Å². The molecule has 0 saturated heterocycles. The summed E-state index contributed by atoms with van der Waals surface area (Å²) in [6.45, 7) is 0. The topological polar surface area (TPSA) is 46.5 Å². The molecule has 0 aliphatic heterocycles. The summed E-state index contributed by atoms with van der Waals surface area (Å²) < 4.78 is 4.50. The Morgan fingerprint density at radius 3 is 2.60 bits per heavy atom. The van der Waals surface area contributed by atoms with Crippen molar-refractivity contribution < 1.29 is 14.6 Å². The summed E-state index contributed by atoms with van der Waals surface area (Å²) in [7, 11) is 1.31. The molecule has 0 aromatic heterocycles. The summed E-state index contributed by atoms with van der Waals surface area (Å²) in [6.07, 6.45) is 2.87. The fourth-order valence-corrected chi connectivity index (χ4v) is 0.503. The van der Waals surface area contributed by atoms with E-state index in [1.165, 1.54) is 24.2 Å². The molecule has 0 heterocycles. The molecule has 0 saturated carbocycles. The third-order valence-corrected chi connectivity index (χ3v) is 1.06. The van der Waals surface area contributed by atoms with E-state index in [2.05, 4.69) is 20.7 Å². The number of methoxy groups -OCH3 is 1. The summed E-state index contributed by atoms with van der Waals surface area (Å²) in [5, 5.41) is 8.36. The van der Waals surface area contributed by atoms with Crippen LogP contribution in [0.3, 0.4) is 0 Å². The molecule has 3 nitrogen and oxygen atoms in total. The fraction of sp³-hybridized carbons (Fsp3) is 0.167. The van der Waals surface area contributed by atoms with E-state index in [4.69, 9.17) is 5.11 Å². The summed E-state index contributed by atoms with van der Waals surface area (Å²) in [5.74, 6) is -1.16. The van der Waals surface area contributed by atoms with Crippen molar-refractivity contribution in [3.05, 3.63) is 22.9 Å². The Morgan fingerprint density at radius 2 is 2.30 bits per heavy atom. The Kier molecular flexibility index (Phi) is 4.66. The van der Waals surface area contributed by atoms with E-state index in [0.717, 1.165) is 0 Å². The summed E-state index contributed by atoms with van der Waals surface area (Å²) in [4.78, 5) is 11.7. The molecule has 0 radical (unpaired) electrons. The van der Waals surface area contributed by atoms with Gasteiger partial charge in [0.25, 0.3) is 0 Å². The van der Waals surface area contributed by atoms with Gasteiger partial charge < -0.3 is 9.84 Å². The molecule has 4 heteroatoms. The van der Waals surface area contributed by atoms with Crippen molar-refractivity contribution in [3.8, 4) is 0 Å². The molecule has 0 spiro atoms. The first-order valence-electron chi connectivity index (χ1n) is 2.46. The van der Waals surface area contributed by atoms with Crippen LogP contribution in [0.2, 0.25) is 0 Å². The standard InChI is InChI=1S/C6H7BrO3/c1-10-5(6(8)9)3-2-4-7/h2-4H,1H3,(H,8,9)/b4-2+,5-3-. The number of carboxylic acids is 1. The van der Waals surface area contributed by atoms with Gasteiger partial charge in [0.05, 0.1) is 7.11 Å². The molecule has 0 rings (SSSR count). The van der Waals surface area contributed by atoms with E-state index in [-0.39, 0.29) is 5.76 Å². The van der Waals surface area contributed by atoms with Gasteiger partial charge in [0.15, 0.2) is 0 Å². The van der Waals surface area contributed by atoms with Gasteiger partial charge in [-0.1, -0.05) is 22.0 Å². The zero-order valence-electron chi connectivity index (χ0n) is 5.37. The lowest BCUT2D eigenvalue weighted by Crippen LogP contribution is -2.01. The third kappa shape index (κ3) is 3.29. The lowest BCUT2D eigenvalue weighted by Gasteiger charge is -1.95. The largest absolute Gasteiger partial charge is 0.490 e. The Balaban J connectivity index is 4.18. The second kappa shape index (κ2) is 5.05. The highest BCUT2D eigenvalue weighted by Gasteiger charge is 2.02. The highest BCUT2D eigenvalue weighted by molar-refractivity contribution is 9.11. The Bertz CT molecular complexity index is 172. The number of aliphatic carboxylic acids is 1. The van der Waals surface area contributed by atoms with Crippen LogP contribution < -0.4 is 0 Å². The van der Waals surface area contributed by atoms with Gasteiger partial charge in [0, 0.05) is 0 Å². The summed E-state index contributed by atoms with van der Waals surface area (Å²) in [5.41, 5.74) is 0. The van der Waals surface area contributed by atoms with E-state index in [0.29, 0.717) is 0 Å². The molecule has 1 N–H and O–H groups in total. The van der Waals surface area contributed by atoms with Crippen LogP contribution in [-0.2, 0) is 9.53 Å². The molecule has 0 aromatic carbocycles. The van der Waals surface area contributed by atoms with Crippen molar-refractivity contribution >= 4 is 21.9 Å². The Hall–Kier alpha value is -0.770. The number of hydrogen-bond acceptors (Lipinski definition) is 2. The fourth-order valence-electron chi connectivity index (χ4n) is 0.350. The van der Waals surface area contributed by atoms with E-state index in [9.17, 15) is 4.79 Å². The molecule has 0 atom stereocenters. The van der Waals surface area contributed by atoms with Gasteiger partial charge in [0.1, 0.15) is 0 Å². The molecule has 0 bridgehead atoms. The number of hydrogen-bond donors (Lipinski definition) is 1. The molecule has 0 aliphatic rings. The maximum atomic E-state index is 10.2. The number of carboxylic acid groups (broad SMARTS) is 1. The lowest BCUT2D eigenvalue weighted by molar-refractivity contribution is -0.136. The zero-order valence-corrected chi connectivity index (χ0v) is 6.96. The minimum absolute atomic E-state index is 0.0873. The second-order valence-electron chi connectivity index (χ2n) is 1.36. The van der Waals surface area contributed by atoms with Crippen LogP contribution in [0.25, 0.3) is 0 Å². The van der Waals surface area contributed by atoms with Crippen LogP contribution in [0, 0.1) is 0 Å². The molecule has 0 amide bonds. The first-order chi connectivity index (χ1) is 4.72. The predicted octanol–water partition coefficient (Wildman–Crippen LogP) is 1.51. The lowest BCUT2D eigenvalue weighted by atomic mass is 10.4. The number of halogens is 1. The van der Waals surface area contributed by atoms with Crippen LogP contribution in [-0.4, -0.2) is 18.2 Å². The highest BCUT2D eigenvalue weighted by Crippen LogP contribution is 1.96.